The van der Waals surface area contributed by atoms with E-state index in [0.29, 0.717) is 10.7 Å². The molecule has 1 aliphatic rings. The molecule has 1 aliphatic heterocycles. The van der Waals surface area contributed by atoms with Crippen molar-refractivity contribution in [1.82, 2.24) is 0 Å². The average Bonchev–Trinajstić information content (AvgIpc) is 2.96. The number of halogens is 1. The third-order valence-electron chi connectivity index (χ3n) is 3.87. The monoisotopic (exact) mass is 328 g/mol. The number of anilines is 2. The number of para-hydroxylation sites is 1. The smallest absolute Gasteiger partial charge is 0.238 e. The largest absolute Gasteiger partial charge is 0.383 e. The van der Waals surface area contributed by atoms with Crippen molar-refractivity contribution in [2.24, 2.45) is 0 Å². The van der Waals surface area contributed by atoms with Gasteiger partial charge in [0.15, 0.2) is 0 Å². The van der Waals surface area contributed by atoms with E-state index >= 15 is 0 Å². The van der Waals surface area contributed by atoms with Gasteiger partial charge in [-0.3, -0.25) is 9.59 Å². The summed E-state index contributed by atoms with van der Waals surface area (Å²) in [4.78, 5) is 26.0. The zero-order valence-corrected chi connectivity index (χ0v) is 13.6. The number of rotatable bonds is 3. The van der Waals surface area contributed by atoms with E-state index in [1.54, 1.807) is 24.3 Å². The summed E-state index contributed by atoms with van der Waals surface area (Å²) in [6.07, 6.45) is 1.03. The van der Waals surface area contributed by atoms with Crippen molar-refractivity contribution in [3.8, 4) is 0 Å². The number of fused-ring (bicyclic) bond motifs is 1. The van der Waals surface area contributed by atoms with Crippen LogP contribution in [0.1, 0.15) is 18.1 Å². The molecule has 4 nitrogen and oxygen atoms in total. The van der Waals surface area contributed by atoms with Crippen LogP contribution in [0.2, 0.25) is 5.02 Å². The standard InChI is InChI=1S/C18H17ClN2O2/c1-12(22)21(16-7-3-5-14-8-9-20-18(14)16)17(23)11-13-4-2-6-15(19)10-13/h2-7,10,20H,8-9,11H2,1H3. The highest BCUT2D eigenvalue weighted by Gasteiger charge is 2.25. The molecule has 0 radical (unpaired) electrons. The maximum absolute atomic E-state index is 12.7. The van der Waals surface area contributed by atoms with Crippen LogP contribution in [-0.2, 0) is 22.4 Å². The first kappa shape index (κ1) is 15.6. The normalized spacial score (nSPS) is 12.4. The number of nitrogens with one attached hydrogen (secondary N) is 1. The van der Waals surface area contributed by atoms with E-state index in [1.807, 2.05) is 18.2 Å². The van der Waals surface area contributed by atoms with Gasteiger partial charge in [0, 0.05) is 18.5 Å². The molecular formula is C18H17ClN2O2. The highest BCUT2D eigenvalue weighted by Crippen LogP contribution is 2.34. The van der Waals surface area contributed by atoms with E-state index in [-0.39, 0.29) is 18.2 Å². The van der Waals surface area contributed by atoms with Gasteiger partial charge >= 0.3 is 0 Å². The van der Waals surface area contributed by atoms with Gasteiger partial charge in [0.05, 0.1) is 17.8 Å². The molecule has 23 heavy (non-hydrogen) atoms. The summed E-state index contributed by atoms with van der Waals surface area (Å²) in [7, 11) is 0. The van der Waals surface area contributed by atoms with Crippen LogP contribution in [0.3, 0.4) is 0 Å². The second-order valence-electron chi connectivity index (χ2n) is 5.54. The molecule has 5 heteroatoms. The van der Waals surface area contributed by atoms with Crippen molar-refractivity contribution in [3.63, 3.8) is 0 Å². The van der Waals surface area contributed by atoms with Gasteiger partial charge < -0.3 is 5.32 Å². The number of hydrogen-bond acceptors (Lipinski definition) is 3. The average molecular weight is 329 g/mol. The number of imide groups is 1. The van der Waals surface area contributed by atoms with Crippen LogP contribution in [-0.4, -0.2) is 18.4 Å². The molecule has 1 N–H and O–H groups in total. The molecule has 0 saturated heterocycles. The van der Waals surface area contributed by atoms with Crippen molar-refractivity contribution in [1.29, 1.82) is 0 Å². The maximum Gasteiger partial charge on any atom is 0.238 e. The van der Waals surface area contributed by atoms with Gasteiger partial charge in [0.1, 0.15) is 0 Å². The third-order valence-corrected chi connectivity index (χ3v) is 4.11. The lowest BCUT2D eigenvalue weighted by Gasteiger charge is -2.22. The Morgan fingerprint density at radius 2 is 2.00 bits per heavy atom. The van der Waals surface area contributed by atoms with Crippen molar-refractivity contribution in [2.45, 2.75) is 19.8 Å². The predicted molar refractivity (Wildman–Crippen MR) is 92.0 cm³/mol. The molecule has 2 aromatic rings. The second kappa shape index (κ2) is 6.42. The lowest BCUT2D eigenvalue weighted by molar-refractivity contribution is -0.125. The Morgan fingerprint density at radius 3 is 2.74 bits per heavy atom. The van der Waals surface area contributed by atoms with Crippen molar-refractivity contribution in [2.75, 3.05) is 16.8 Å². The molecule has 0 spiro atoms. The minimum absolute atomic E-state index is 0.129. The number of benzene rings is 2. The minimum Gasteiger partial charge on any atom is -0.383 e. The first-order valence-electron chi connectivity index (χ1n) is 7.50. The summed E-state index contributed by atoms with van der Waals surface area (Å²) in [5.41, 5.74) is 3.42. The fraction of sp³-hybridized carbons (Fsp3) is 0.222. The number of nitrogens with zero attached hydrogens (tertiary/aromatic N) is 1. The van der Waals surface area contributed by atoms with Crippen LogP contribution in [0.4, 0.5) is 11.4 Å². The Labute approximate surface area is 140 Å². The molecule has 2 aromatic carbocycles. The van der Waals surface area contributed by atoms with Crippen LogP contribution in [0.15, 0.2) is 42.5 Å². The Balaban J connectivity index is 1.92. The van der Waals surface area contributed by atoms with Crippen LogP contribution in [0, 0.1) is 0 Å². The van der Waals surface area contributed by atoms with Crippen molar-refractivity contribution < 1.29 is 9.59 Å². The molecule has 118 valence electrons. The lowest BCUT2D eigenvalue weighted by Crippen LogP contribution is -2.36. The lowest BCUT2D eigenvalue weighted by atomic mass is 10.1. The summed E-state index contributed by atoms with van der Waals surface area (Å²) < 4.78 is 0. The molecule has 0 bridgehead atoms. The van der Waals surface area contributed by atoms with Crippen molar-refractivity contribution in [3.05, 3.63) is 58.6 Å². The molecule has 0 aliphatic carbocycles. The number of amides is 2. The predicted octanol–water partition coefficient (Wildman–Crippen LogP) is 3.43. The summed E-state index contributed by atoms with van der Waals surface area (Å²) in [5.74, 6) is -0.555. The first-order chi connectivity index (χ1) is 11.1. The first-order valence-corrected chi connectivity index (χ1v) is 7.88. The Bertz CT molecular complexity index is 773. The van der Waals surface area contributed by atoms with Crippen LogP contribution in [0.25, 0.3) is 0 Å². The van der Waals surface area contributed by atoms with Gasteiger partial charge in [-0.15, -0.1) is 0 Å². The van der Waals surface area contributed by atoms with E-state index in [9.17, 15) is 9.59 Å². The van der Waals surface area contributed by atoms with E-state index in [2.05, 4.69) is 5.32 Å². The van der Waals surface area contributed by atoms with Gasteiger partial charge in [-0.05, 0) is 35.7 Å². The van der Waals surface area contributed by atoms with E-state index in [1.165, 1.54) is 11.8 Å². The van der Waals surface area contributed by atoms with Crippen LogP contribution in [0.5, 0.6) is 0 Å². The fourth-order valence-electron chi connectivity index (χ4n) is 2.89. The summed E-state index contributed by atoms with van der Waals surface area (Å²) in [5, 5.41) is 3.84. The Morgan fingerprint density at radius 1 is 1.22 bits per heavy atom. The quantitative estimate of drug-likeness (QED) is 0.939. The molecule has 0 unspecified atom stereocenters. The maximum atomic E-state index is 12.7. The minimum atomic E-state index is -0.292. The molecule has 0 fully saturated rings. The zero-order valence-electron chi connectivity index (χ0n) is 12.8. The van der Waals surface area contributed by atoms with Gasteiger partial charge in [0.2, 0.25) is 11.8 Å². The van der Waals surface area contributed by atoms with Gasteiger partial charge in [-0.2, -0.15) is 0 Å². The van der Waals surface area contributed by atoms with Crippen LogP contribution < -0.4 is 10.2 Å². The van der Waals surface area contributed by atoms with Crippen LogP contribution >= 0.6 is 11.6 Å². The van der Waals surface area contributed by atoms with E-state index in [4.69, 9.17) is 11.6 Å². The van der Waals surface area contributed by atoms with E-state index < -0.39 is 0 Å². The van der Waals surface area contributed by atoms with Gasteiger partial charge in [-0.25, -0.2) is 4.90 Å². The molecule has 0 saturated carbocycles. The summed E-state index contributed by atoms with van der Waals surface area (Å²) >= 11 is 5.96. The number of carbonyl (C=O) groups is 2. The number of hydrogen-bond donors (Lipinski definition) is 1. The SMILES string of the molecule is CC(=O)N(C(=O)Cc1cccc(Cl)c1)c1cccc2c1NCC2. The third kappa shape index (κ3) is 3.22. The Kier molecular flexibility index (Phi) is 4.35. The molecule has 0 aromatic heterocycles. The molecule has 3 rings (SSSR count). The molecular weight excluding hydrogens is 312 g/mol. The van der Waals surface area contributed by atoms with Crippen molar-refractivity contribution >= 4 is 34.8 Å². The van der Waals surface area contributed by atoms with Gasteiger partial charge in [0.25, 0.3) is 0 Å². The highest BCUT2D eigenvalue weighted by atomic mass is 35.5. The second-order valence-corrected chi connectivity index (χ2v) is 5.98. The van der Waals surface area contributed by atoms with E-state index in [0.717, 1.165) is 29.8 Å². The molecule has 1 heterocycles. The highest BCUT2D eigenvalue weighted by molar-refractivity contribution is 6.30. The van der Waals surface area contributed by atoms with Gasteiger partial charge in [-0.1, -0.05) is 35.9 Å². The number of carbonyl (C=O) groups excluding carboxylic acids is 2. The summed E-state index contributed by atoms with van der Waals surface area (Å²) in [6, 6.07) is 12.8. The summed E-state index contributed by atoms with van der Waals surface area (Å²) in [6.45, 7) is 2.23. The Hall–Kier alpha value is -2.33. The molecule has 0 atom stereocenters. The fourth-order valence-corrected chi connectivity index (χ4v) is 3.10. The zero-order chi connectivity index (χ0) is 16.4. The molecule has 2 amide bonds. The topological polar surface area (TPSA) is 49.4 Å².